The van der Waals surface area contributed by atoms with Crippen molar-refractivity contribution in [2.24, 2.45) is 0 Å². The highest BCUT2D eigenvalue weighted by atomic mass is 16.2. The molecule has 0 aromatic heterocycles. The predicted octanol–water partition coefficient (Wildman–Crippen LogP) is 2.46. The summed E-state index contributed by atoms with van der Waals surface area (Å²) in [5.41, 5.74) is 3.49. The minimum Gasteiger partial charge on any atom is -0.396 e. The van der Waals surface area contributed by atoms with Gasteiger partial charge in [-0.3, -0.25) is 4.79 Å². The zero-order valence-electron chi connectivity index (χ0n) is 11.6. The minimum absolute atomic E-state index is 0.00110. The second kappa shape index (κ2) is 6.71. The van der Waals surface area contributed by atoms with Crippen molar-refractivity contribution in [1.29, 1.82) is 0 Å². The summed E-state index contributed by atoms with van der Waals surface area (Å²) in [7, 11) is 0. The first-order valence-corrected chi connectivity index (χ1v) is 7.24. The zero-order chi connectivity index (χ0) is 13.7. The van der Waals surface area contributed by atoms with E-state index >= 15 is 0 Å². The SMILES string of the molecule is CC(CCCO)NC(=O)c1ccc2c(c1)CCCC2. The number of hydrogen-bond acceptors (Lipinski definition) is 2. The molecule has 0 heterocycles. The van der Waals surface area contributed by atoms with E-state index in [1.807, 2.05) is 19.1 Å². The lowest BCUT2D eigenvalue weighted by Gasteiger charge is -2.17. The van der Waals surface area contributed by atoms with Crippen LogP contribution in [-0.4, -0.2) is 23.7 Å². The maximum absolute atomic E-state index is 12.1. The number of aliphatic hydroxyl groups excluding tert-OH is 1. The van der Waals surface area contributed by atoms with E-state index in [0.29, 0.717) is 0 Å². The number of aryl methyl sites for hydroxylation is 2. The molecule has 0 bridgehead atoms. The summed E-state index contributed by atoms with van der Waals surface area (Å²) in [6.45, 7) is 2.16. The molecule has 1 aliphatic carbocycles. The van der Waals surface area contributed by atoms with Gasteiger partial charge in [0.05, 0.1) is 0 Å². The monoisotopic (exact) mass is 261 g/mol. The van der Waals surface area contributed by atoms with E-state index in [1.54, 1.807) is 0 Å². The summed E-state index contributed by atoms with van der Waals surface area (Å²) in [5.74, 6) is -0.00110. The maximum atomic E-state index is 12.1. The molecule has 19 heavy (non-hydrogen) atoms. The molecule has 1 amide bonds. The smallest absolute Gasteiger partial charge is 0.251 e. The lowest BCUT2D eigenvalue weighted by Crippen LogP contribution is -2.32. The van der Waals surface area contributed by atoms with Gasteiger partial charge in [0.2, 0.25) is 0 Å². The highest BCUT2D eigenvalue weighted by Gasteiger charge is 2.14. The fourth-order valence-corrected chi connectivity index (χ4v) is 2.65. The molecule has 1 atom stereocenters. The van der Waals surface area contributed by atoms with Crippen LogP contribution in [0.5, 0.6) is 0 Å². The van der Waals surface area contributed by atoms with Crippen molar-refractivity contribution in [2.45, 2.75) is 51.5 Å². The van der Waals surface area contributed by atoms with Crippen molar-refractivity contribution in [2.75, 3.05) is 6.61 Å². The van der Waals surface area contributed by atoms with E-state index < -0.39 is 0 Å². The predicted molar refractivity (Wildman–Crippen MR) is 76.3 cm³/mol. The minimum atomic E-state index is -0.00110. The Balaban J connectivity index is 1.99. The van der Waals surface area contributed by atoms with Crippen LogP contribution < -0.4 is 5.32 Å². The Morgan fingerprint density at radius 2 is 2.05 bits per heavy atom. The quantitative estimate of drug-likeness (QED) is 0.855. The highest BCUT2D eigenvalue weighted by Crippen LogP contribution is 2.22. The van der Waals surface area contributed by atoms with Crippen LogP contribution in [0.15, 0.2) is 18.2 Å². The standard InChI is InChI=1S/C16H23NO2/c1-12(5-4-10-18)17-16(19)15-9-8-13-6-2-3-7-14(13)11-15/h8-9,11-12,18H,2-7,10H2,1H3,(H,17,19). The lowest BCUT2D eigenvalue weighted by atomic mass is 9.90. The van der Waals surface area contributed by atoms with Gasteiger partial charge in [-0.25, -0.2) is 0 Å². The number of fused-ring (bicyclic) bond motifs is 1. The molecule has 1 aromatic rings. The molecule has 0 radical (unpaired) electrons. The first-order valence-electron chi connectivity index (χ1n) is 7.24. The molecule has 0 fully saturated rings. The number of benzene rings is 1. The molecular weight excluding hydrogens is 238 g/mol. The van der Waals surface area contributed by atoms with Crippen LogP contribution in [0.25, 0.3) is 0 Å². The number of aliphatic hydroxyl groups is 1. The molecule has 0 saturated heterocycles. The second-order valence-corrected chi connectivity index (χ2v) is 5.43. The average molecular weight is 261 g/mol. The lowest BCUT2D eigenvalue weighted by molar-refractivity contribution is 0.0936. The summed E-state index contributed by atoms with van der Waals surface area (Å²) in [6, 6.07) is 6.18. The second-order valence-electron chi connectivity index (χ2n) is 5.43. The number of nitrogens with one attached hydrogen (secondary N) is 1. The maximum Gasteiger partial charge on any atom is 0.251 e. The Morgan fingerprint density at radius 1 is 1.32 bits per heavy atom. The van der Waals surface area contributed by atoms with E-state index in [0.717, 1.165) is 31.2 Å². The van der Waals surface area contributed by atoms with Gasteiger partial charge < -0.3 is 10.4 Å². The number of carbonyl (C=O) groups excluding carboxylic acids is 1. The number of rotatable bonds is 5. The Kier molecular flexibility index (Phi) is 4.97. The van der Waals surface area contributed by atoms with Crippen LogP contribution >= 0.6 is 0 Å². The van der Waals surface area contributed by atoms with Crippen LogP contribution in [0.4, 0.5) is 0 Å². The molecule has 3 heteroatoms. The van der Waals surface area contributed by atoms with Crippen molar-refractivity contribution >= 4 is 5.91 Å². The Bertz CT molecular complexity index is 442. The van der Waals surface area contributed by atoms with Gasteiger partial charge in [-0.2, -0.15) is 0 Å². The normalized spacial score (nSPS) is 15.7. The van der Waals surface area contributed by atoms with Crippen molar-refractivity contribution in [3.8, 4) is 0 Å². The largest absolute Gasteiger partial charge is 0.396 e. The van der Waals surface area contributed by atoms with Gasteiger partial charge in [-0.05, 0) is 68.7 Å². The van der Waals surface area contributed by atoms with E-state index in [2.05, 4.69) is 11.4 Å². The molecule has 3 nitrogen and oxygen atoms in total. The Morgan fingerprint density at radius 3 is 2.79 bits per heavy atom. The van der Waals surface area contributed by atoms with Crippen molar-refractivity contribution < 1.29 is 9.90 Å². The van der Waals surface area contributed by atoms with E-state index in [1.165, 1.54) is 24.0 Å². The number of carbonyl (C=O) groups is 1. The van der Waals surface area contributed by atoms with Crippen molar-refractivity contribution in [1.82, 2.24) is 5.32 Å². The van der Waals surface area contributed by atoms with Crippen LogP contribution in [0.1, 0.15) is 54.1 Å². The van der Waals surface area contributed by atoms with Crippen molar-refractivity contribution in [3.63, 3.8) is 0 Å². The highest BCUT2D eigenvalue weighted by molar-refractivity contribution is 5.94. The van der Waals surface area contributed by atoms with Crippen LogP contribution in [0.3, 0.4) is 0 Å². The van der Waals surface area contributed by atoms with Crippen LogP contribution in [0, 0.1) is 0 Å². The molecule has 1 unspecified atom stereocenters. The van der Waals surface area contributed by atoms with Crippen molar-refractivity contribution in [3.05, 3.63) is 34.9 Å². The first kappa shape index (κ1) is 14.1. The third-order valence-corrected chi connectivity index (χ3v) is 3.78. The summed E-state index contributed by atoms with van der Waals surface area (Å²) >= 11 is 0. The number of hydrogen-bond donors (Lipinski definition) is 2. The van der Waals surface area contributed by atoms with E-state index in [9.17, 15) is 4.79 Å². The van der Waals surface area contributed by atoms with Crippen LogP contribution in [-0.2, 0) is 12.8 Å². The number of amides is 1. The molecular formula is C16H23NO2. The molecule has 0 aliphatic heterocycles. The zero-order valence-corrected chi connectivity index (χ0v) is 11.6. The van der Waals surface area contributed by atoms with Crippen LogP contribution in [0.2, 0.25) is 0 Å². The summed E-state index contributed by atoms with van der Waals surface area (Å²) in [5, 5.41) is 11.8. The Hall–Kier alpha value is -1.35. The first-order chi connectivity index (χ1) is 9.20. The third kappa shape index (κ3) is 3.80. The Labute approximate surface area is 115 Å². The molecule has 104 valence electrons. The summed E-state index contributed by atoms with van der Waals surface area (Å²) in [6.07, 6.45) is 6.27. The fourth-order valence-electron chi connectivity index (χ4n) is 2.65. The van der Waals surface area contributed by atoms with E-state index in [4.69, 9.17) is 5.11 Å². The third-order valence-electron chi connectivity index (χ3n) is 3.78. The molecule has 1 aromatic carbocycles. The molecule has 1 aliphatic rings. The van der Waals surface area contributed by atoms with Gasteiger partial charge >= 0.3 is 0 Å². The molecule has 2 rings (SSSR count). The summed E-state index contributed by atoms with van der Waals surface area (Å²) < 4.78 is 0. The van der Waals surface area contributed by atoms with Gasteiger partial charge in [0.1, 0.15) is 0 Å². The molecule has 2 N–H and O–H groups in total. The van der Waals surface area contributed by atoms with Gasteiger partial charge in [0, 0.05) is 18.2 Å². The fraction of sp³-hybridized carbons (Fsp3) is 0.562. The van der Waals surface area contributed by atoms with Gasteiger partial charge in [-0.15, -0.1) is 0 Å². The summed E-state index contributed by atoms with van der Waals surface area (Å²) in [4.78, 5) is 12.1. The van der Waals surface area contributed by atoms with Gasteiger partial charge in [0.15, 0.2) is 0 Å². The topological polar surface area (TPSA) is 49.3 Å². The average Bonchev–Trinajstić information content (AvgIpc) is 2.44. The van der Waals surface area contributed by atoms with Gasteiger partial charge in [-0.1, -0.05) is 6.07 Å². The van der Waals surface area contributed by atoms with E-state index in [-0.39, 0.29) is 18.6 Å². The molecule has 0 spiro atoms. The molecule has 0 saturated carbocycles. The van der Waals surface area contributed by atoms with Gasteiger partial charge in [0.25, 0.3) is 5.91 Å².